The molecule has 1 heterocycles. The molecule has 5 nitrogen and oxygen atoms in total. The highest BCUT2D eigenvalue weighted by atomic mass is 16.5. The maximum absolute atomic E-state index is 9.27. The fourth-order valence-electron chi connectivity index (χ4n) is 2.72. The van der Waals surface area contributed by atoms with E-state index >= 15 is 0 Å². The van der Waals surface area contributed by atoms with E-state index in [4.69, 9.17) is 15.9 Å². The van der Waals surface area contributed by atoms with E-state index < -0.39 is 0 Å². The van der Waals surface area contributed by atoms with Gasteiger partial charge in [-0.15, -0.1) is 0 Å². The molecule has 110 valence electrons. The molecule has 2 rings (SSSR count). The first-order valence-corrected chi connectivity index (χ1v) is 6.97. The molecule has 1 aliphatic heterocycles. The van der Waals surface area contributed by atoms with Crippen LogP contribution < -0.4 is 5.73 Å². The van der Waals surface area contributed by atoms with E-state index in [1.165, 1.54) is 0 Å². The molecule has 5 heteroatoms. The number of ether oxygens (including phenoxy) is 1. The van der Waals surface area contributed by atoms with E-state index in [1.54, 1.807) is 0 Å². The molecular weight excluding hydrogens is 254 g/mol. The van der Waals surface area contributed by atoms with Gasteiger partial charge in [0.15, 0.2) is 0 Å². The van der Waals surface area contributed by atoms with Crippen molar-refractivity contribution in [2.45, 2.75) is 25.0 Å². The largest absolute Gasteiger partial charge is 0.394 e. The third-order valence-corrected chi connectivity index (χ3v) is 3.62. The first-order valence-electron chi connectivity index (χ1n) is 6.97. The lowest BCUT2D eigenvalue weighted by Crippen LogP contribution is -2.50. The van der Waals surface area contributed by atoms with Crippen LogP contribution in [0.2, 0.25) is 0 Å². The number of nitrogens with zero attached hydrogens (tertiary/aromatic N) is 1. The van der Waals surface area contributed by atoms with Crippen LogP contribution in [0.1, 0.15) is 18.4 Å². The third-order valence-electron chi connectivity index (χ3n) is 3.62. The maximum Gasteiger partial charge on any atom is 0.0995 e. The Kier molecular flexibility index (Phi) is 5.11. The van der Waals surface area contributed by atoms with Crippen LogP contribution in [0, 0.1) is 5.41 Å². The zero-order chi connectivity index (χ0) is 14.5. The number of benzene rings is 1. The molecule has 1 aliphatic rings. The minimum absolute atomic E-state index is 0.0247. The zero-order valence-corrected chi connectivity index (χ0v) is 11.8. The Morgan fingerprint density at radius 2 is 2.15 bits per heavy atom. The van der Waals surface area contributed by atoms with Crippen molar-refractivity contribution < 1.29 is 9.84 Å². The van der Waals surface area contributed by atoms with Crippen LogP contribution >= 0.6 is 0 Å². The Morgan fingerprint density at radius 1 is 1.45 bits per heavy atom. The molecule has 0 radical (unpaired) electrons. The molecule has 3 unspecified atom stereocenters. The number of aliphatic hydroxyl groups excluding tert-OH is 1. The molecular formula is C15H23N3O2. The summed E-state index contributed by atoms with van der Waals surface area (Å²) in [7, 11) is 0. The van der Waals surface area contributed by atoms with E-state index in [1.807, 2.05) is 37.3 Å². The lowest BCUT2D eigenvalue weighted by atomic mass is 9.97. The molecule has 1 aromatic rings. The summed E-state index contributed by atoms with van der Waals surface area (Å²) in [4.78, 5) is 2.22. The SMILES string of the molecule is CC1CN(CC(C(=N)N)c2ccccc2)CC(CO)O1. The van der Waals surface area contributed by atoms with Crippen LogP contribution in [0.3, 0.4) is 0 Å². The van der Waals surface area contributed by atoms with Crippen molar-refractivity contribution in [2.75, 3.05) is 26.2 Å². The Morgan fingerprint density at radius 3 is 2.75 bits per heavy atom. The predicted molar refractivity (Wildman–Crippen MR) is 79.0 cm³/mol. The fraction of sp³-hybridized carbons (Fsp3) is 0.533. The van der Waals surface area contributed by atoms with Crippen LogP contribution in [-0.4, -0.2) is 54.3 Å². The van der Waals surface area contributed by atoms with E-state index in [0.29, 0.717) is 13.1 Å². The number of hydrogen-bond donors (Lipinski definition) is 3. The first kappa shape index (κ1) is 15.0. The average Bonchev–Trinajstić information content (AvgIpc) is 2.44. The van der Waals surface area contributed by atoms with Gasteiger partial charge < -0.3 is 15.6 Å². The van der Waals surface area contributed by atoms with Crippen LogP contribution in [0.4, 0.5) is 0 Å². The molecule has 0 aliphatic carbocycles. The van der Waals surface area contributed by atoms with Crippen molar-refractivity contribution in [1.82, 2.24) is 4.90 Å². The van der Waals surface area contributed by atoms with Crippen molar-refractivity contribution in [2.24, 2.45) is 5.73 Å². The number of rotatable bonds is 5. The van der Waals surface area contributed by atoms with Crippen molar-refractivity contribution in [3.05, 3.63) is 35.9 Å². The van der Waals surface area contributed by atoms with Crippen molar-refractivity contribution in [3.63, 3.8) is 0 Å². The lowest BCUT2D eigenvalue weighted by Gasteiger charge is -2.37. The Labute approximate surface area is 119 Å². The van der Waals surface area contributed by atoms with Gasteiger partial charge in [0.05, 0.1) is 30.6 Å². The van der Waals surface area contributed by atoms with E-state index in [0.717, 1.165) is 12.1 Å². The van der Waals surface area contributed by atoms with Gasteiger partial charge >= 0.3 is 0 Å². The standard InChI is InChI=1S/C15H23N3O2/c1-11-7-18(8-13(10-19)20-11)9-14(15(16)17)12-5-3-2-4-6-12/h2-6,11,13-14,19H,7-10H2,1H3,(H3,16,17). The predicted octanol–water partition coefficient (Wildman–Crippen LogP) is 0.788. The highest BCUT2D eigenvalue weighted by Crippen LogP contribution is 2.20. The molecule has 1 aromatic carbocycles. The highest BCUT2D eigenvalue weighted by molar-refractivity contribution is 5.84. The van der Waals surface area contributed by atoms with E-state index in [-0.39, 0.29) is 30.6 Å². The topological polar surface area (TPSA) is 82.6 Å². The Hall–Kier alpha value is -1.43. The van der Waals surface area contributed by atoms with Crippen molar-refractivity contribution in [1.29, 1.82) is 5.41 Å². The van der Waals surface area contributed by atoms with Gasteiger partial charge in [-0.2, -0.15) is 0 Å². The number of hydrogen-bond acceptors (Lipinski definition) is 4. The van der Waals surface area contributed by atoms with Crippen LogP contribution in [-0.2, 0) is 4.74 Å². The Bertz CT molecular complexity index is 438. The monoisotopic (exact) mass is 277 g/mol. The number of morpholine rings is 1. The fourth-order valence-corrected chi connectivity index (χ4v) is 2.72. The summed E-state index contributed by atoms with van der Waals surface area (Å²) in [5, 5.41) is 17.1. The molecule has 1 saturated heterocycles. The summed E-state index contributed by atoms with van der Waals surface area (Å²) in [6, 6.07) is 9.88. The van der Waals surface area contributed by atoms with Gasteiger partial charge in [0.25, 0.3) is 0 Å². The molecule has 0 saturated carbocycles. The Balaban J connectivity index is 2.07. The second-order valence-corrected chi connectivity index (χ2v) is 5.39. The summed E-state index contributed by atoms with van der Waals surface area (Å²) in [5.74, 6) is 0.0664. The lowest BCUT2D eigenvalue weighted by molar-refractivity contribution is -0.0952. The van der Waals surface area contributed by atoms with E-state index in [2.05, 4.69) is 4.90 Å². The minimum atomic E-state index is -0.151. The zero-order valence-electron chi connectivity index (χ0n) is 11.8. The average molecular weight is 277 g/mol. The summed E-state index contributed by atoms with van der Waals surface area (Å²) in [6.07, 6.45) is -0.0635. The summed E-state index contributed by atoms with van der Waals surface area (Å²) in [6.45, 7) is 4.19. The maximum atomic E-state index is 9.27. The van der Waals surface area contributed by atoms with Gasteiger partial charge in [0.1, 0.15) is 0 Å². The van der Waals surface area contributed by atoms with Crippen LogP contribution in [0.25, 0.3) is 0 Å². The van der Waals surface area contributed by atoms with Crippen LogP contribution in [0.5, 0.6) is 0 Å². The van der Waals surface area contributed by atoms with Crippen molar-refractivity contribution in [3.8, 4) is 0 Å². The molecule has 3 atom stereocenters. The first-order chi connectivity index (χ1) is 9.60. The van der Waals surface area contributed by atoms with E-state index in [9.17, 15) is 5.11 Å². The number of aliphatic hydroxyl groups is 1. The molecule has 1 fully saturated rings. The molecule has 0 aromatic heterocycles. The second-order valence-electron chi connectivity index (χ2n) is 5.39. The van der Waals surface area contributed by atoms with Gasteiger partial charge in [0, 0.05) is 19.6 Å². The molecule has 20 heavy (non-hydrogen) atoms. The number of nitrogens with one attached hydrogen (secondary N) is 1. The quantitative estimate of drug-likeness (QED) is 0.549. The summed E-state index contributed by atoms with van der Waals surface area (Å²) in [5.41, 5.74) is 6.82. The third kappa shape index (κ3) is 3.79. The normalized spacial score (nSPS) is 25.3. The van der Waals surface area contributed by atoms with Gasteiger partial charge in [-0.05, 0) is 12.5 Å². The van der Waals surface area contributed by atoms with Gasteiger partial charge in [-0.1, -0.05) is 30.3 Å². The highest BCUT2D eigenvalue weighted by Gasteiger charge is 2.27. The molecule has 4 N–H and O–H groups in total. The second kappa shape index (κ2) is 6.83. The number of nitrogens with two attached hydrogens (primary N) is 1. The van der Waals surface area contributed by atoms with Crippen LogP contribution in [0.15, 0.2) is 30.3 Å². The minimum Gasteiger partial charge on any atom is -0.394 e. The molecule has 0 amide bonds. The smallest absolute Gasteiger partial charge is 0.0995 e. The van der Waals surface area contributed by atoms with Gasteiger partial charge in [0.2, 0.25) is 0 Å². The summed E-state index contributed by atoms with van der Waals surface area (Å²) < 4.78 is 5.64. The summed E-state index contributed by atoms with van der Waals surface area (Å²) >= 11 is 0. The number of amidine groups is 1. The van der Waals surface area contributed by atoms with Gasteiger partial charge in [-0.3, -0.25) is 10.3 Å². The molecule has 0 spiro atoms. The van der Waals surface area contributed by atoms with Gasteiger partial charge in [-0.25, -0.2) is 0 Å². The van der Waals surface area contributed by atoms with Crippen molar-refractivity contribution >= 4 is 5.84 Å². The molecule has 0 bridgehead atoms.